The molecular weight excluding hydrogens is 198 g/mol. The Morgan fingerprint density at radius 1 is 1.71 bits per heavy atom. The number of carbonyl (C=O) groups excluding carboxylic acids is 1. The summed E-state index contributed by atoms with van der Waals surface area (Å²) in [5, 5.41) is 0. The maximum absolute atomic E-state index is 11.6. The number of Topliss-reactive ketones (excluding diaryl/α,β-unsaturated/α-hetero) is 1. The molecule has 1 aliphatic rings. The van der Waals surface area contributed by atoms with E-state index >= 15 is 0 Å². The lowest BCUT2D eigenvalue weighted by atomic mass is 10.1. The quantitative estimate of drug-likeness (QED) is 0.762. The molecule has 1 aliphatic heterocycles. The molecule has 4 heteroatoms. The van der Waals surface area contributed by atoms with E-state index in [1.807, 2.05) is 0 Å². The van der Waals surface area contributed by atoms with Crippen LogP contribution in [0.5, 0.6) is 0 Å². The fraction of sp³-hybridized carbons (Fsp3) is 0.600. The Bertz CT molecular complexity index is 291. The van der Waals surface area contributed by atoms with Crippen LogP contribution in [0.25, 0.3) is 0 Å². The van der Waals surface area contributed by atoms with Gasteiger partial charge in [0.1, 0.15) is 5.78 Å². The normalized spacial score (nSPS) is 21.3. The van der Waals surface area contributed by atoms with Gasteiger partial charge in [-0.15, -0.1) is 11.3 Å². The number of ketones is 1. The van der Waals surface area contributed by atoms with Gasteiger partial charge in [-0.25, -0.2) is 0 Å². The predicted molar refractivity (Wildman–Crippen MR) is 54.4 cm³/mol. The van der Waals surface area contributed by atoms with Crippen LogP contribution in [-0.2, 0) is 16.0 Å². The molecule has 0 bridgehead atoms. The van der Waals surface area contributed by atoms with Gasteiger partial charge in [0.05, 0.1) is 11.6 Å². The maximum Gasteiger partial charge on any atom is 0.140 e. The maximum atomic E-state index is 11.6. The van der Waals surface area contributed by atoms with Gasteiger partial charge in [0.2, 0.25) is 0 Å². The van der Waals surface area contributed by atoms with E-state index < -0.39 is 0 Å². The summed E-state index contributed by atoms with van der Waals surface area (Å²) in [6, 6.07) is 0. The molecule has 0 aliphatic carbocycles. The molecule has 1 aromatic heterocycles. The van der Waals surface area contributed by atoms with Crippen molar-refractivity contribution < 1.29 is 9.53 Å². The van der Waals surface area contributed by atoms with Crippen molar-refractivity contribution in [1.82, 2.24) is 4.98 Å². The molecule has 0 spiro atoms. The lowest BCUT2D eigenvalue weighted by Gasteiger charge is -2.06. The zero-order valence-electron chi connectivity index (χ0n) is 7.94. The first-order valence-electron chi connectivity index (χ1n) is 4.85. The number of rotatable bonds is 4. The third-order valence-electron chi connectivity index (χ3n) is 2.33. The van der Waals surface area contributed by atoms with Crippen molar-refractivity contribution in [2.75, 3.05) is 6.61 Å². The van der Waals surface area contributed by atoms with E-state index in [9.17, 15) is 4.79 Å². The third-order valence-corrected chi connectivity index (χ3v) is 3.11. The van der Waals surface area contributed by atoms with E-state index in [1.165, 1.54) is 11.3 Å². The zero-order valence-corrected chi connectivity index (χ0v) is 8.76. The minimum absolute atomic E-state index is 0.176. The molecule has 76 valence electrons. The third kappa shape index (κ3) is 2.62. The average Bonchev–Trinajstić information content (AvgIpc) is 2.76. The molecule has 0 aromatic carbocycles. The van der Waals surface area contributed by atoms with E-state index in [-0.39, 0.29) is 11.9 Å². The Hall–Kier alpha value is -0.740. The first-order chi connectivity index (χ1) is 6.84. The standard InChI is InChI=1S/C10H13NO2S/c12-8(4-9-2-1-3-13-9)5-10-6-11-7-14-10/h6-7,9H,1-5H2. The Morgan fingerprint density at radius 2 is 2.64 bits per heavy atom. The second kappa shape index (κ2) is 4.66. The zero-order chi connectivity index (χ0) is 9.80. The van der Waals surface area contributed by atoms with Crippen LogP contribution in [0.4, 0.5) is 0 Å². The molecule has 0 saturated carbocycles. The van der Waals surface area contributed by atoms with Gasteiger partial charge in [0.15, 0.2) is 0 Å². The van der Waals surface area contributed by atoms with Crippen molar-refractivity contribution in [3.05, 3.63) is 16.6 Å². The Labute approximate surface area is 87.1 Å². The number of hydrogen-bond acceptors (Lipinski definition) is 4. The molecule has 1 atom stereocenters. The van der Waals surface area contributed by atoms with Crippen LogP contribution in [-0.4, -0.2) is 23.5 Å². The average molecular weight is 211 g/mol. The molecular formula is C10H13NO2S. The molecule has 0 N–H and O–H groups in total. The lowest BCUT2D eigenvalue weighted by Crippen LogP contribution is -2.13. The first kappa shape index (κ1) is 9.80. The number of hydrogen-bond donors (Lipinski definition) is 0. The van der Waals surface area contributed by atoms with Gasteiger partial charge in [-0.05, 0) is 12.8 Å². The highest BCUT2D eigenvalue weighted by molar-refractivity contribution is 7.09. The molecule has 1 saturated heterocycles. The SMILES string of the molecule is O=C(Cc1cncs1)CC1CCCO1. The van der Waals surface area contributed by atoms with Crippen LogP contribution in [0.3, 0.4) is 0 Å². The predicted octanol–water partition coefficient (Wildman–Crippen LogP) is 1.82. The number of aromatic nitrogens is 1. The highest BCUT2D eigenvalue weighted by Crippen LogP contribution is 2.17. The van der Waals surface area contributed by atoms with Gasteiger partial charge in [0.25, 0.3) is 0 Å². The molecule has 14 heavy (non-hydrogen) atoms. The van der Waals surface area contributed by atoms with E-state index in [0.717, 1.165) is 24.3 Å². The highest BCUT2D eigenvalue weighted by atomic mass is 32.1. The second-order valence-electron chi connectivity index (χ2n) is 3.52. The van der Waals surface area contributed by atoms with Gasteiger partial charge >= 0.3 is 0 Å². The van der Waals surface area contributed by atoms with Crippen LogP contribution in [0.1, 0.15) is 24.1 Å². The molecule has 1 unspecified atom stereocenters. The van der Waals surface area contributed by atoms with Crippen molar-refractivity contribution in [1.29, 1.82) is 0 Å². The topological polar surface area (TPSA) is 39.2 Å². The summed E-state index contributed by atoms with van der Waals surface area (Å²) >= 11 is 1.54. The van der Waals surface area contributed by atoms with Crippen LogP contribution in [0.15, 0.2) is 11.7 Å². The van der Waals surface area contributed by atoms with Gasteiger partial charge in [-0.3, -0.25) is 9.78 Å². The minimum Gasteiger partial charge on any atom is -0.378 e. The van der Waals surface area contributed by atoms with Gasteiger partial charge in [-0.2, -0.15) is 0 Å². The highest BCUT2D eigenvalue weighted by Gasteiger charge is 2.19. The monoisotopic (exact) mass is 211 g/mol. The number of ether oxygens (including phenoxy) is 1. The lowest BCUT2D eigenvalue weighted by molar-refractivity contribution is -0.120. The summed E-state index contributed by atoms with van der Waals surface area (Å²) in [5.41, 5.74) is 1.76. The van der Waals surface area contributed by atoms with Crippen molar-refractivity contribution >= 4 is 17.1 Å². The summed E-state index contributed by atoms with van der Waals surface area (Å²) < 4.78 is 5.41. The minimum atomic E-state index is 0.176. The largest absolute Gasteiger partial charge is 0.378 e. The summed E-state index contributed by atoms with van der Waals surface area (Å²) in [6.07, 6.45) is 5.16. The van der Waals surface area contributed by atoms with Crippen LogP contribution >= 0.6 is 11.3 Å². The van der Waals surface area contributed by atoms with E-state index in [2.05, 4.69) is 4.98 Å². The van der Waals surface area contributed by atoms with Crippen molar-refractivity contribution in [3.63, 3.8) is 0 Å². The van der Waals surface area contributed by atoms with Crippen LogP contribution < -0.4 is 0 Å². The van der Waals surface area contributed by atoms with Gasteiger partial charge < -0.3 is 4.74 Å². The van der Waals surface area contributed by atoms with Crippen molar-refractivity contribution in [2.45, 2.75) is 31.8 Å². The fourth-order valence-electron chi connectivity index (χ4n) is 1.66. The smallest absolute Gasteiger partial charge is 0.140 e. The first-order valence-corrected chi connectivity index (χ1v) is 5.73. The van der Waals surface area contributed by atoms with Crippen molar-refractivity contribution in [2.24, 2.45) is 0 Å². The van der Waals surface area contributed by atoms with E-state index in [1.54, 1.807) is 11.7 Å². The summed E-state index contributed by atoms with van der Waals surface area (Å²) in [7, 11) is 0. The molecule has 1 fully saturated rings. The number of thiazole rings is 1. The second-order valence-corrected chi connectivity index (χ2v) is 4.49. The molecule has 3 nitrogen and oxygen atoms in total. The summed E-state index contributed by atoms with van der Waals surface area (Å²) in [5.74, 6) is 0.265. The van der Waals surface area contributed by atoms with Crippen LogP contribution in [0.2, 0.25) is 0 Å². The van der Waals surface area contributed by atoms with E-state index in [4.69, 9.17) is 4.74 Å². The Balaban J connectivity index is 1.78. The van der Waals surface area contributed by atoms with Crippen molar-refractivity contribution in [3.8, 4) is 0 Å². The van der Waals surface area contributed by atoms with Gasteiger partial charge in [0, 0.05) is 30.5 Å². The van der Waals surface area contributed by atoms with Gasteiger partial charge in [-0.1, -0.05) is 0 Å². The molecule has 2 heterocycles. The Morgan fingerprint density at radius 3 is 3.29 bits per heavy atom. The molecule has 2 rings (SSSR count). The molecule has 1 aromatic rings. The fourth-order valence-corrected chi connectivity index (χ4v) is 2.28. The molecule has 0 radical (unpaired) electrons. The summed E-state index contributed by atoms with van der Waals surface area (Å²) in [4.78, 5) is 16.6. The number of nitrogens with zero attached hydrogens (tertiary/aromatic N) is 1. The van der Waals surface area contributed by atoms with E-state index in [0.29, 0.717) is 12.8 Å². The molecule has 0 amide bonds. The number of carbonyl (C=O) groups is 1. The van der Waals surface area contributed by atoms with Crippen LogP contribution in [0, 0.1) is 0 Å². The Kier molecular flexibility index (Phi) is 3.26. The summed E-state index contributed by atoms with van der Waals surface area (Å²) in [6.45, 7) is 0.818.